The molecule has 0 radical (unpaired) electrons. The van der Waals surface area contributed by atoms with Gasteiger partial charge in [0.15, 0.2) is 0 Å². The Labute approximate surface area is 127 Å². The Morgan fingerprint density at radius 3 is 2.15 bits per heavy atom. The SMILES string of the molecule is CCCCCCCCCN1CC(C)NCC1(CC)CC. The molecule has 0 aromatic carbocycles. The summed E-state index contributed by atoms with van der Waals surface area (Å²) < 4.78 is 0. The first-order valence-corrected chi connectivity index (χ1v) is 9.17. The van der Waals surface area contributed by atoms with E-state index < -0.39 is 0 Å². The highest BCUT2D eigenvalue weighted by Crippen LogP contribution is 2.27. The summed E-state index contributed by atoms with van der Waals surface area (Å²) in [4.78, 5) is 2.79. The molecule has 120 valence electrons. The zero-order valence-electron chi connectivity index (χ0n) is 14.5. The fourth-order valence-corrected chi connectivity index (χ4v) is 3.60. The van der Waals surface area contributed by atoms with E-state index in [9.17, 15) is 0 Å². The highest BCUT2D eigenvalue weighted by Gasteiger charge is 2.37. The summed E-state index contributed by atoms with van der Waals surface area (Å²) in [6.45, 7) is 13.1. The molecule has 2 nitrogen and oxygen atoms in total. The number of hydrogen-bond acceptors (Lipinski definition) is 2. The summed E-state index contributed by atoms with van der Waals surface area (Å²) in [5.74, 6) is 0. The normalized spacial score (nSPS) is 23.1. The highest BCUT2D eigenvalue weighted by molar-refractivity contribution is 4.96. The molecular weight excluding hydrogens is 244 g/mol. The molecule has 1 rings (SSSR count). The summed E-state index contributed by atoms with van der Waals surface area (Å²) in [6.07, 6.45) is 12.5. The smallest absolute Gasteiger partial charge is 0.0329 e. The maximum Gasteiger partial charge on any atom is 0.0329 e. The summed E-state index contributed by atoms with van der Waals surface area (Å²) in [5, 5.41) is 3.69. The minimum absolute atomic E-state index is 0.425. The van der Waals surface area contributed by atoms with E-state index in [2.05, 4.69) is 37.9 Å². The Morgan fingerprint density at radius 1 is 0.950 bits per heavy atom. The van der Waals surface area contributed by atoms with Gasteiger partial charge in [-0.1, -0.05) is 59.3 Å². The van der Waals surface area contributed by atoms with Crippen LogP contribution in [0.5, 0.6) is 0 Å². The number of nitrogens with zero attached hydrogens (tertiary/aromatic N) is 1. The van der Waals surface area contributed by atoms with Crippen molar-refractivity contribution in [1.29, 1.82) is 0 Å². The topological polar surface area (TPSA) is 15.3 Å². The van der Waals surface area contributed by atoms with Crippen molar-refractivity contribution in [3.8, 4) is 0 Å². The van der Waals surface area contributed by atoms with E-state index in [1.54, 1.807) is 0 Å². The number of unbranched alkanes of at least 4 members (excludes halogenated alkanes) is 6. The molecule has 0 aromatic rings. The fraction of sp³-hybridized carbons (Fsp3) is 1.00. The second-order valence-electron chi connectivity index (χ2n) is 6.78. The molecule has 0 amide bonds. The van der Waals surface area contributed by atoms with Crippen molar-refractivity contribution >= 4 is 0 Å². The van der Waals surface area contributed by atoms with Gasteiger partial charge in [-0.05, 0) is 32.7 Å². The van der Waals surface area contributed by atoms with E-state index in [0.717, 1.165) is 0 Å². The molecule has 1 heterocycles. The van der Waals surface area contributed by atoms with Gasteiger partial charge < -0.3 is 5.32 Å². The third-order valence-electron chi connectivity index (χ3n) is 5.29. The first-order valence-electron chi connectivity index (χ1n) is 9.17. The van der Waals surface area contributed by atoms with Gasteiger partial charge in [0.2, 0.25) is 0 Å². The molecule has 1 N–H and O–H groups in total. The minimum atomic E-state index is 0.425. The third kappa shape index (κ3) is 5.37. The van der Waals surface area contributed by atoms with Crippen LogP contribution >= 0.6 is 0 Å². The number of hydrogen-bond donors (Lipinski definition) is 1. The monoisotopic (exact) mass is 282 g/mol. The predicted molar refractivity (Wildman–Crippen MR) is 90.3 cm³/mol. The molecule has 1 fully saturated rings. The molecule has 0 aliphatic carbocycles. The molecule has 1 unspecified atom stereocenters. The number of piperazine rings is 1. The average Bonchev–Trinajstić information content (AvgIpc) is 2.47. The molecule has 0 spiro atoms. The molecule has 2 heteroatoms. The molecule has 0 aromatic heterocycles. The largest absolute Gasteiger partial charge is 0.311 e. The van der Waals surface area contributed by atoms with Crippen LogP contribution in [-0.4, -0.2) is 36.1 Å². The summed E-state index contributed by atoms with van der Waals surface area (Å²) in [6, 6.07) is 0.658. The van der Waals surface area contributed by atoms with E-state index in [1.165, 1.54) is 77.4 Å². The minimum Gasteiger partial charge on any atom is -0.311 e. The fourth-order valence-electron chi connectivity index (χ4n) is 3.60. The van der Waals surface area contributed by atoms with Gasteiger partial charge in [0, 0.05) is 24.7 Å². The van der Waals surface area contributed by atoms with Crippen LogP contribution in [-0.2, 0) is 0 Å². The lowest BCUT2D eigenvalue weighted by Gasteiger charge is -2.49. The summed E-state index contributed by atoms with van der Waals surface area (Å²) >= 11 is 0. The van der Waals surface area contributed by atoms with Gasteiger partial charge in [-0.2, -0.15) is 0 Å². The lowest BCUT2D eigenvalue weighted by atomic mass is 9.87. The van der Waals surface area contributed by atoms with Crippen molar-refractivity contribution in [2.75, 3.05) is 19.6 Å². The van der Waals surface area contributed by atoms with Crippen molar-refractivity contribution in [3.05, 3.63) is 0 Å². The lowest BCUT2D eigenvalue weighted by Crippen LogP contribution is -2.63. The molecule has 0 saturated carbocycles. The molecular formula is C18H38N2. The summed E-state index contributed by atoms with van der Waals surface area (Å²) in [7, 11) is 0. The molecule has 1 aliphatic heterocycles. The molecule has 1 aliphatic rings. The third-order valence-corrected chi connectivity index (χ3v) is 5.29. The standard InChI is InChI=1S/C18H38N2/c1-5-8-9-10-11-12-13-14-20-15-17(4)19-16-18(20,6-2)7-3/h17,19H,5-16H2,1-4H3. The zero-order chi connectivity index (χ0) is 14.8. The van der Waals surface area contributed by atoms with E-state index >= 15 is 0 Å². The first-order chi connectivity index (χ1) is 9.68. The van der Waals surface area contributed by atoms with Crippen molar-refractivity contribution in [1.82, 2.24) is 10.2 Å². The maximum atomic E-state index is 3.69. The molecule has 1 saturated heterocycles. The van der Waals surface area contributed by atoms with Crippen LogP contribution in [0.25, 0.3) is 0 Å². The van der Waals surface area contributed by atoms with Gasteiger partial charge in [0.1, 0.15) is 0 Å². The maximum absolute atomic E-state index is 3.69. The van der Waals surface area contributed by atoms with Crippen molar-refractivity contribution < 1.29 is 0 Å². The van der Waals surface area contributed by atoms with Gasteiger partial charge in [0.05, 0.1) is 0 Å². The van der Waals surface area contributed by atoms with E-state index in [1.807, 2.05) is 0 Å². The second kappa shape index (κ2) is 9.78. The molecule has 20 heavy (non-hydrogen) atoms. The predicted octanol–water partition coefficient (Wildman–Crippen LogP) is 4.59. The van der Waals surface area contributed by atoms with Crippen LogP contribution in [0.3, 0.4) is 0 Å². The van der Waals surface area contributed by atoms with Gasteiger partial charge >= 0.3 is 0 Å². The Balaban J connectivity index is 2.27. The average molecular weight is 283 g/mol. The van der Waals surface area contributed by atoms with Gasteiger partial charge in [-0.15, -0.1) is 0 Å². The molecule has 0 bridgehead atoms. The number of rotatable bonds is 10. The Hall–Kier alpha value is -0.0800. The lowest BCUT2D eigenvalue weighted by molar-refractivity contribution is 0.0335. The van der Waals surface area contributed by atoms with Crippen LogP contribution in [0, 0.1) is 0 Å². The van der Waals surface area contributed by atoms with Gasteiger partial charge in [0.25, 0.3) is 0 Å². The second-order valence-corrected chi connectivity index (χ2v) is 6.78. The van der Waals surface area contributed by atoms with Crippen molar-refractivity contribution in [2.24, 2.45) is 0 Å². The van der Waals surface area contributed by atoms with Gasteiger partial charge in [-0.25, -0.2) is 0 Å². The van der Waals surface area contributed by atoms with Crippen LogP contribution < -0.4 is 5.32 Å². The van der Waals surface area contributed by atoms with Gasteiger partial charge in [-0.3, -0.25) is 4.90 Å². The van der Waals surface area contributed by atoms with E-state index in [4.69, 9.17) is 0 Å². The van der Waals surface area contributed by atoms with Crippen molar-refractivity contribution in [2.45, 2.75) is 97.1 Å². The van der Waals surface area contributed by atoms with Crippen LogP contribution in [0.2, 0.25) is 0 Å². The Bertz CT molecular complexity index is 236. The highest BCUT2D eigenvalue weighted by atomic mass is 15.3. The van der Waals surface area contributed by atoms with E-state index in [0.29, 0.717) is 11.6 Å². The summed E-state index contributed by atoms with van der Waals surface area (Å²) in [5.41, 5.74) is 0.425. The quantitative estimate of drug-likeness (QED) is 0.590. The van der Waals surface area contributed by atoms with Crippen LogP contribution in [0.15, 0.2) is 0 Å². The van der Waals surface area contributed by atoms with Crippen LogP contribution in [0.4, 0.5) is 0 Å². The number of nitrogens with one attached hydrogen (secondary N) is 1. The van der Waals surface area contributed by atoms with Crippen LogP contribution in [0.1, 0.15) is 85.5 Å². The first kappa shape index (κ1) is 18.0. The zero-order valence-corrected chi connectivity index (χ0v) is 14.5. The van der Waals surface area contributed by atoms with Crippen molar-refractivity contribution in [3.63, 3.8) is 0 Å². The molecule has 1 atom stereocenters. The van der Waals surface area contributed by atoms with E-state index in [-0.39, 0.29) is 0 Å². The Morgan fingerprint density at radius 2 is 1.55 bits per heavy atom. The Kier molecular flexibility index (Phi) is 8.79.